The molecule has 0 bridgehead atoms. The number of hydrogen-bond donors (Lipinski definition) is 2. The summed E-state index contributed by atoms with van der Waals surface area (Å²) in [5.74, 6) is -0.463. The lowest BCUT2D eigenvalue weighted by Crippen LogP contribution is -2.13. The fraction of sp³-hybridized carbons (Fsp3) is 0.417. The molecule has 1 aromatic carbocycles. The van der Waals surface area contributed by atoms with Gasteiger partial charge in [0.25, 0.3) is 0 Å². The zero-order valence-electron chi connectivity index (χ0n) is 9.83. The lowest BCUT2D eigenvalue weighted by atomic mass is 10.2. The first-order valence-corrected chi connectivity index (χ1v) is 5.59. The number of benzene rings is 1. The number of halogens is 1. The molecule has 17 heavy (non-hydrogen) atoms. The molecule has 5 heteroatoms. The third-order valence-corrected chi connectivity index (χ3v) is 2.12. The molecular weight excluding hydrogens is 223 g/mol. The molecule has 0 saturated heterocycles. The molecule has 0 atom stereocenters. The van der Waals surface area contributed by atoms with Crippen molar-refractivity contribution in [1.82, 2.24) is 0 Å². The summed E-state index contributed by atoms with van der Waals surface area (Å²) in [5, 5.41) is 2.60. The molecule has 0 heterocycles. The first-order valence-electron chi connectivity index (χ1n) is 5.59. The molecule has 0 spiro atoms. The Morgan fingerprint density at radius 3 is 2.88 bits per heavy atom. The van der Waals surface area contributed by atoms with Gasteiger partial charge in [0.15, 0.2) is 11.6 Å². The van der Waals surface area contributed by atoms with E-state index in [0.29, 0.717) is 31.7 Å². The van der Waals surface area contributed by atoms with Gasteiger partial charge >= 0.3 is 0 Å². The number of rotatable bonds is 6. The van der Waals surface area contributed by atoms with Crippen LogP contribution in [0.1, 0.15) is 19.8 Å². The van der Waals surface area contributed by atoms with Gasteiger partial charge in [-0.15, -0.1) is 0 Å². The lowest BCUT2D eigenvalue weighted by molar-refractivity contribution is -0.116. The third-order valence-electron chi connectivity index (χ3n) is 2.12. The molecule has 0 saturated carbocycles. The fourth-order valence-corrected chi connectivity index (χ4v) is 1.34. The first kappa shape index (κ1) is 13.4. The van der Waals surface area contributed by atoms with E-state index in [1.165, 1.54) is 12.1 Å². The number of anilines is 1. The maximum absolute atomic E-state index is 13.4. The highest BCUT2D eigenvalue weighted by Gasteiger charge is 2.06. The van der Waals surface area contributed by atoms with Crippen LogP contribution in [0.2, 0.25) is 0 Å². The van der Waals surface area contributed by atoms with E-state index in [-0.39, 0.29) is 11.7 Å². The Morgan fingerprint density at radius 1 is 1.53 bits per heavy atom. The van der Waals surface area contributed by atoms with Crippen molar-refractivity contribution in [1.29, 1.82) is 0 Å². The molecule has 0 aliphatic carbocycles. The standard InChI is InChI=1S/C12H17FN2O2/c1-2-17-11-6-5-9(8-10(11)13)15-12(16)4-3-7-14/h5-6,8H,2-4,7,14H2,1H3,(H,15,16). The first-order chi connectivity index (χ1) is 8.17. The van der Waals surface area contributed by atoms with Crippen molar-refractivity contribution in [3.63, 3.8) is 0 Å². The van der Waals surface area contributed by atoms with Gasteiger partial charge in [0.05, 0.1) is 6.61 Å². The number of nitrogens with two attached hydrogens (primary N) is 1. The zero-order valence-corrected chi connectivity index (χ0v) is 9.83. The Morgan fingerprint density at radius 2 is 2.29 bits per heavy atom. The number of hydrogen-bond acceptors (Lipinski definition) is 3. The van der Waals surface area contributed by atoms with Crippen LogP contribution in [-0.4, -0.2) is 19.1 Å². The van der Waals surface area contributed by atoms with Crippen LogP contribution in [0.3, 0.4) is 0 Å². The van der Waals surface area contributed by atoms with Crippen molar-refractivity contribution < 1.29 is 13.9 Å². The van der Waals surface area contributed by atoms with Gasteiger partial charge in [0, 0.05) is 18.2 Å². The Hall–Kier alpha value is -1.62. The molecule has 1 aromatic rings. The highest BCUT2D eigenvalue weighted by molar-refractivity contribution is 5.90. The van der Waals surface area contributed by atoms with Crippen LogP contribution < -0.4 is 15.8 Å². The highest BCUT2D eigenvalue weighted by Crippen LogP contribution is 2.21. The summed E-state index contributed by atoms with van der Waals surface area (Å²) in [4.78, 5) is 11.4. The SMILES string of the molecule is CCOc1ccc(NC(=O)CCCN)cc1F. The van der Waals surface area contributed by atoms with Gasteiger partial charge in [-0.2, -0.15) is 0 Å². The molecule has 4 nitrogen and oxygen atoms in total. The topological polar surface area (TPSA) is 64.3 Å². The average molecular weight is 240 g/mol. The molecule has 0 aromatic heterocycles. The van der Waals surface area contributed by atoms with Gasteiger partial charge in [0.1, 0.15) is 0 Å². The summed E-state index contributed by atoms with van der Waals surface area (Å²) in [5.41, 5.74) is 5.72. The normalized spacial score (nSPS) is 10.1. The molecule has 0 aliphatic heterocycles. The fourth-order valence-electron chi connectivity index (χ4n) is 1.34. The van der Waals surface area contributed by atoms with Crippen LogP contribution in [0.25, 0.3) is 0 Å². The Bertz CT molecular complexity index is 383. The molecule has 3 N–H and O–H groups in total. The third kappa shape index (κ3) is 4.40. The Labute approximate surface area is 100.0 Å². The van der Waals surface area contributed by atoms with Crippen molar-refractivity contribution in [3.05, 3.63) is 24.0 Å². The summed E-state index contributed by atoms with van der Waals surface area (Å²) in [6, 6.07) is 4.34. The summed E-state index contributed by atoms with van der Waals surface area (Å²) < 4.78 is 18.5. The van der Waals surface area contributed by atoms with Crippen molar-refractivity contribution in [2.45, 2.75) is 19.8 Å². The second-order valence-electron chi connectivity index (χ2n) is 3.52. The van der Waals surface area contributed by atoms with Gasteiger partial charge in [-0.3, -0.25) is 4.79 Å². The van der Waals surface area contributed by atoms with Gasteiger partial charge in [-0.25, -0.2) is 4.39 Å². The van der Waals surface area contributed by atoms with E-state index in [2.05, 4.69) is 5.32 Å². The van der Waals surface area contributed by atoms with E-state index in [4.69, 9.17) is 10.5 Å². The van der Waals surface area contributed by atoms with Crippen LogP contribution in [0.5, 0.6) is 5.75 Å². The maximum Gasteiger partial charge on any atom is 0.224 e. The van der Waals surface area contributed by atoms with Gasteiger partial charge in [-0.1, -0.05) is 0 Å². The van der Waals surface area contributed by atoms with Crippen LogP contribution >= 0.6 is 0 Å². The van der Waals surface area contributed by atoms with E-state index in [1.54, 1.807) is 13.0 Å². The summed E-state index contributed by atoms with van der Waals surface area (Å²) in [6.45, 7) is 2.64. The van der Waals surface area contributed by atoms with Gasteiger partial charge < -0.3 is 15.8 Å². The lowest BCUT2D eigenvalue weighted by Gasteiger charge is -2.08. The largest absolute Gasteiger partial charge is 0.491 e. The highest BCUT2D eigenvalue weighted by atomic mass is 19.1. The predicted octanol–water partition coefficient (Wildman–Crippen LogP) is 1.90. The van der Waals surface area contributed by atoms with Crippen molar-refractivity contribution in [2.24, 2.45) is 5.73 Å². The number of amides is 1. The van der Waals surface area contributed by atoms with Crippen molar-refractivity contribution in [3.8, 4) is 5.75 Å². The molecule has 0 aliphatic rings. The minimum atomic E-state index is -0.483. The number of carbonyl (C=O) groups excluding carboxylic acids is 1. The molecule has 1 rings (SSSR count). The van der Waals surface area contributed by atoms with Crippen LogP contribution in [0.4, 0.5) is 10.1 Å². The summed E-state index contributed by atoms with van der Waals surface area (Å²) in [7, 11) is 0. The van der Waals surface area contributed by atoms with E-state index < -0.39 is 5.82 Å². The van der Waals surface area contributed by atoms with Gasteiger partial charge in [0.2, 0.25) is 5.91 Å². The predicted molar refractivity (Wildman–Crippen MR) is 64.5 cm³/mol. The summed E-state index contributed by atoms with van der Waals surface area (Å²) >= 11 is 0. The Kier molecular flexibility index (Phi) is 5.42. The van der Waals surface area contributed by atoms with E-state index in [9.17, 15) is 9.18 Å². The molecule has 94 valence electrons. The van der Waals surface area contributed by atoms with Crippen LogP contribution in [0.15, 0.2) is 18.2 Å². The molecule has 0 unspecified atom stereocenters. The number of nitrogens with one attached hydrogen (secondary N) is 1. The molecule has 0 radical (unpaired) electrons. The maximum atomic E-state index is 13.4. The smallest absolute Gasteiger partial charge is 0.224 e. The van der Waals surface area contributed by atoms with E-state index in [1.807, 2.05) is 0 Å². The molecule has 0 fully saturated rings. The molecular formula is C12H17FN2O2. The number of carbonyl (C=O) groups is 1. The van der Waals surface area contributed by atoms with Gasteiger partial charge in [-0.05, 0) is 32.0 Å². The second kappa shape index (κ2) is 6.85. The Balaban J connectivity index is 2.60. The zero-order chi connectivity index (χ0) is 12.7. The summed E-state index contributed by atoms with van der Waals surface area (Å²) in [6.07, 6.45) is 0.955. The van der Waals surface area contributed by atoms with Crippen LogP contribution in [-0.2, 0) is 4.79 Å². The minimum Gasteiger partial charge on any atom is -0.491 e. The van der Waals surface area contributed by atoms with E-state index in [0.717, 1.165) is 0 Å². The van der Waals surface area contributed by atoms with Crippen LogP contribution in [0, 0.1) is 5.82 Å². The van der Waals surface area contributed by atoms with Crippen molar-refractivity contribution in [2.75, 3.05) is 18.5 Å². The van der Waals surface area contributed by atoms with Crippen molar-refractivity contribution >= 4 is 11.6 Å². The second-order valence-corrected chi connectivity index (χ2v) is 3.52. The monoisotopic (exact) mass is 240 g/mol. The van der Waals surface area contributed by atoms with E-state index >= 15 is 0 Å². The molecule has 1 amide bonds. The minimum absolute atomic E-state index is 0.168. The quantitative estimate of drug-likeness (QED) is 0.798. The average Bonchev–Trinajstić information content (AvgIpc) is 2.30. The number of ether oxygens (including phenoxy) is 1.